The molecule has 0 saturated carbocycles. The van der Waals surface area contributed by atoms with Crippen LogP contribution in [-0.2, 0) is 25.4 Å². The van der Waals surface area contributed by atoms with Crippen molar-refractivity contribution in [1.29, 1.82) is 0 Å². The number of rotatable bonds is 6. The van der Waals surface area contributed by atoms with E-state index in [1.165, 1.54) is 12.1 Å². The Bertz CT molecular complexity index is 639. The summed E-state index contributed by atoms with van der Waals surface area (Å²) in [7, 11) is 0. The molecule has 3 atom stereocenters. The number of aromatic hydroxyl groups is 2. The lowest BCUT2D eigenvalue weighted by Gasteiger charge is -2.24. The van der Waals surface area contributed by atoms with E-state index in [9.17, 15) is 19.8 Å². The number of hydrogen-bond acceptors (Lipinski definition) is 8. The Balaban J connectivity index is 2.54. The summed E-state index contributed by atoms with van der Waals surface area (Å²) in [4.78, 5) is 23.7. The lowest BCUT2D eigenvalue weighted by Crippen LogP contribution is -2.40. The molecule has 1 unspecified atom stereocenters. The van der Waals surface area contributed by atoms with Gasteiger partial charge >= 0.3 is 12.1 Å². The molecular weight excluding hydrogens is 342 g/mol. The first kappa shape index (κ1) is 21.6. The fraction of sp³-hybridized carbons (Fsp3) is 0.556. The Labute approximate surface area is 152 Å². The summed E-state index contributed by atoms with van der Waals surface area (Å²) in [5, 5.41) is 18.8. The average Bonchev–Trinajstić information content (AvgIpc) is 2.48. The molecule has 0 aromatic heterocycles. The molecule has 0 spiro atoms. The van der Waals surface area contributed by atoms with Crippen LogP contribution < -0.4 is 5.73 Å². The second kappa shape index (κ2) is 8.75. The van der Waals surface area contributed by atoms with E-state index in [2.05, 4.69) is 0 Å². The summed E-state index contributed by atoms with van der Waals surface area (Å²) in [5.74, 6) is -1.23. The van der Waals surface area contributed by atoms with Crippen molar-refractivity contribution in [3.63, 3.8) is 0 Å². The predicted molar refractivity (Wildman–Crippen MR) is 93.8 cm³/mol. The number of carbonyl (C=O) groups is 2. The molecule has 0 amide bonds. The molecule has 0 heterocycles. The van der Waals surface area contributed by atoms with Gasteiger partial charge in [-0.15, -0.1) is 0 Å². The molecule has 0 bridgehead atoms. The molecule has 0 radical (unpaired) electrons. The summed E-state index contributed by atoms with van der Waals surface area (Å²) in [6.45, 7) is 8.28. The highest BCUT2D eigenvalue weighted by atomic mass is 16.7. The van der Waals surface area contributed by atoms with Crippen molar-refractivity contribution in [3.8, 4) is 11.5 Å². The maximum Gasteiger partial charge on any atom is 0.509 e. The van der Waals surface area contributed by atoms with Crippen molar-refractivity contribution in [2.24, 2.45) is 5.73 Å². The first-order chi connectivity index (χ1) is 11.9. The van der Waals surface area contributed by atoms with Crippen LogP contribution >= 0.6 is 0 Å². The molecule has 146 valence electrons. The maximum atomic E-state index is 12.1. The number of esters is 1. The van der Waals surface area contributed by atoms with Crippen LogP contribution in [0, 0.1) is 0 Å². The molecule has 8 nitrogen and oxygen atoms in total. The summed E-state index contributed by atoms with van der Waals surface area (Å²) in [6.07, 6.45) is -2.19. The quantitative estimate of drug-likeness (QED) is 0.514. The first-order valence-corrected chi connectivity index (χ1v) is 8.25. The van der Waals surface area contributed by atoms with E-state index in [1.807, 2.05) is 0 Å². The SMILES string of the molecule is CC(OC(=O)OC(C)(C)C)[C@H](C)OC(=O)[C@@H](N)Cc1ccc(O)c(O)c1. The molecule has 26 heavy (non-hydrogen) atoms. The van der Waals surface area contributed by atoms with E-state index in [0.29, 0.717) is 5.56 Å². The third-order valence-electron chi connectivity index (χ3n) is 3.43. The van der Waals surface area contributed by atoms with Crippen LogP contribution in [0.2, 0.25) is 0 Å². The zero-order valence-corrected chi connectivity index (χ0v) is 15.7. The molecule has 4 N–H and O–H groups in total. The number of carbonyl (C=O) groups excluding carboxylic acids is 2. The molecule has 0 fully saturated rings. The maximum absolute atomic E-state index is 12.1. The summed E-state index contributed by atoms with van der Waals surface area (Å²) >= 11 is 0. The van der Waals surface area contributed by atoms with Crippen molar-refractivity contribution in [3.05, 3.63) is 23.8 Å². The monoisotopic (exact) mass is 369 g/mol. The zero-order chi connectivity index (χ0) is 20.1. The van der Waals surface area contributed by atoms with E-state index in [0.717, 1.165) is 0 Å². The van der Waals surface area contributed by atoms with Gasteiger partial charge in [-0.25, -0.2) is 4.79 Å². The highest BCUT2D eigenvalue weighted by Gasteiger charge is 2.26. The van der Waals surface area contributed by atoms with Gasteiger partial charge in [-0.05, 0) is 58.7 Å². The largest absolute Gasteiger partial charge is 0.509 e. The van der Waals surface area contributed by atoms with Crippen LogP contribution in [0.15, 0.2) is 18.2 Å². The van der Waals surface area contributed by atoms with Crippen molar-refractivity contribution in [2.45, 2.75) is 64.9 Å². The molecule has 1 aromatic carbocycles. The second-order valence-electron chi connectivity index (χ2n) is 7.06. The Morgan fingerprint density at radius 2 is 1.65 bits per heavy atom. The van der Waals surface area contributed by atoms with E-state index in [1.54, 1.807) is 40.7 Å². The summed E-state index contributed by atoms with van der Waals surface area (Å²) < 4.78 is 15.3. The molecule has 0 aliphatic rings. The predicted octanol–water partition coefficient (Wildman–Crippen LogP) is 2.24. The van der Waals surface area contributed by atoms with Crippen LogP contribution in [0.25, 0.3) is 0 Å². The minimum absolute atomic E-state index is 0.112. The van der Waals surface area contributed by atoms with E-state index >= 15 is 0 Å². The molecule has 0 aliphatic carbocycles. The highest BCUT2D eigenvalue weighted by molar-refractivity contribution is 5.76. The van der Waals surface area contributed by atoms with Gasteiger partial charge in [0.2, 0.25) is 0 Å². The number of benzene rings is 1. The average molecular weight is 369 g/mol. The van der Waals surface area contributed by atoms with Crippen molar-refractivity contribution >= 4 is 12.1 Å². The van der Waals surface area contributed by atoms with Crippen LogP contribution in [0.4, 0.5) is 4.79 Å². The summed E-state index contributed by atoms with van der Waals surface area (Å²) in [6, 6.07) is 3.19. The van der Waals surface area contributed by atoms with Gasteiger partial charge in [0.15, 0.2) is 11.5 Å². The van der Waals surface area contributed by atoms with Crippen LogP contribution in [0.5, 0.6) is 11.5 Å². The molecular formula is C18H27NO7. The Morgan fingerprint density at radius 3 is 2.19 bits per heavy atom. The van der Waals surface area contributed by atoms with Gasteiger partial charge in [-0.2, -0.15) is 0 Å². The molecule has 1 aromatic rings. The van der Waals surface area contributed by atoms with Crippen LogP contribution in [0.1, 0.15) is 40.2 Å². The lowest BCUT2D eigenvalue weighted by molar-refractivity contribution is -0.156. The van der Waals surface area contributed by atoms with Gasteiger partial charge < -0.3 is 30.2 Å². The van der Waals surface area contributed by atoms with E-state index in [-0.39, 0.29) is 17.9 Å². The summed E-state index contributed by atoms with van der Waals surface area (Å²) in [5.41, 5.74) is 5.70. The first-order valence-electron chi connectivity index (χ1n) is 8.25. The fourth-order valence-electron chi connectivity index (χ4n) is 1.92. The number of hydrogen-bond donors (Lipinski definition) is 3. The topological polar surface area (TPSA) is 128 Å². The van der Waals surface area contributed by atoms with Crippen LogP contribution in [0.3, 0.4) is 0 Å². The van der Waals surface area contributed by atoms with Gasteiger partial charge in [0, 0.05) is 0 Å². The number of nitrogens with two attached hydrogens (primary N) is 1. The van der Waals surface area contributed by atoms with E-state index < -0.39 is 36.0 Å². The number of phenols is 2. The minimum atomic E-state index is -0.977. The third-order valence-corrected chi connectivity index (χ3v) is 3.43. The van der Waals surface area contributed by atoms with Gasteiger partial charge in [-0.1, -0.05) is 6.07 Å². The van der Waals surface area contributed by atoms with Gasteiger partial charge in [0.25, 0.3) is 0 Å². The molecule has 0 aliphatic heterocycles. The Kier molecular flexibility index (Phi) is 7.26. The Hall–Kier alpha value is -2.48. The van der Waals surface area contributed by atoms with Crippen molar-refractivity contribution in [2.75, 3.05) is 0 Å². The van der Waals surface area contributed by atoms with Gasteiger partial charge in [0.1, 0.15) is 23.9 Å². The highest BCUT2D eigenvalue weighted by Crippen LogP contribution is 2.25. The second-order valence-corrected chi connectivity index (χ2v) is 7.06. The van der Waals surface area contributed by atoms with Gasteiger partial charge in [0.05, 0.1) is 0 Å². The normalized spacial score (nSPS) is 14.8. The van der Waals surface area contributed by atoms with Crippen LogP contribution in [-0.4, -0.2) is 46.2 Å². The molecule has 0 saturated heterocycles. The number of phenolic OH excluding ortho intramolecular Hbond substituents is 2. The fourth-order valence-corrected chi connectivity index (χ4v) is 1.92. The Morgan fingerprint density at radius 1 is 1.08 bits per heavy atom. The van der Waals surface area contributed by atoms with Crippen molar-refractivity contribution < 1.29 is 34.0 Å². The minimum Gasteiger partial charge on any atom is -0.504 e. The molecule has 8 heteroatoms. The standard InChI is InChI=1S/C18H27NO7/c1-10(11(2)25-17(23)26-18(3,4)5)24-16(22)13(19)8-12-6-7-14(20)15(21)9-12/h6-7,9-11,13,20-21H,8,19H2,1-5H3/t10-,11?,13-/m0/s1. The van der Waals surface area contributed by atoms with E-state index in [4.69, 9.17) is 19.9 Å². The lowest BCUT2D eigenvalue weighted by atomic mass is 10.1. The van der Waals surface area contributed by atoms with Crippen molar-refractivity contribution in [1.82, 2.24) is 0 Å². The third kappa shape index (κ3) is 7.18. The smallest absolute Gasteiger partial charge is 0.504 e. The van der Waals surface area contributed by atoms with Gasteiger partial charge in [-0.3, -0.25) is 4.79 Å². The number of ether oxygens (including phenoxy) is 3. The zero-order valence-electron chi connectivity index (χ0n) is 15.7. The molecule has 1 rings (SSSR count).